The molecule has 0 heterocycles. The molecule has 0 unspecified atom stereocenters. The van der Waals surface area contributed by atoms with Gasteiger partial charge in [0.1, 0.15) is 11.5 Å². The molecule has 0 bridgehead atoms. The highest BCUT2D eigenvalue weighted by Gasteiger charge is 2.17. The van der Waals surface area contributed by atoms with Crippen LogP contribution >= 0.6 is 0 Å². The molecule has 1 N–H and O–H groups in total. The molecule has 106 valence electrons. The number of nitrogens with zero attached hydrogens (tertiary/aromatic N) is 1. The molecule has 5 heteroatoms. The van der Waals surface area contributed by atoms with Gasteiger partial charge in [0.2, 0.25) is 0 Å². The zero-order valence-corrected chi connectivity index (χ0v) is 11.8. The number of carbonyl (C=O) groups is 1. The largest absolute Gasteiger partial charge is 0.497 e. The van der Waals surface area contributed by atoms with Gasteiger partial charge in [0.25, 0.3) is 0 Å². The van der Waals surface area contributed by atoms with Crippen LogP contribution in [0.15, 0.2) is 18.2 Å². The molecule has 0 aromatic heterocycles. The van der Waals surface area contributed by atoms with E-state index in [-0.39, 0.29) is 12.5 Å². The second-order valence-electron chi connectivity index (χ2n) is 4.47. The number of hydrogen-bond acceptors (Lipinski definition) is 4. The van der Waals surface area contributed by atoms with E-state index in [0.717, 1.165) is 5.69 Å². The molecule has 0 saturated heterocycles. The summed E-state index contributed by atoms with van der Waals surface area (Å²) in [4.78, 5) is 12.7. The molecular weight excluding hydrogens is 246 g/mol. The van der Waals surface area contributed by atoms with E-state index >= 15 is 0 Å². The Balaban J connectivity index is 3.04. The lowest BCUT2D eigenvalue weighted by atomic mass is 10.2. The van der Waals surface area contributed by atoms with Crippen LogP contribution in [0.1, 0.15) is 20.3 Å². The summed E-state index contributed by atoms with van der Waals surface area (Å²) in [6, 6.07) is 5.71. The first-order chi connectivity index (χ1) is 8.99. The highest BCUT2D eigenvalue weighted by molar-refractivity contribution is 5.68. The minimum atomic E-state index is -0.807. The van der Waals surface area contributed by atoms with Crippen molar-refractivity contribution in [1.29, 1.82) is 0 Å². The van der Waals surface area contributed by atoms with Crippen molar-refractivity contribution >= 4 is 11.7 Å². The highest BCUT2D eigenvalue weighted by Crippen LogP contribution is 2.33. The molecule has 0 aliphatic carbocycles. The van der Waals surface area contributed by atoms with Crippen molar-refractivity contribution < 1.29 is 19.4 Å². The maximum Gasteiger partial charge on any atom is 0.305 e. The molecule has 0 amide bonds. The highest BCUT2D eigenvalue weighted by atomic mass is 16.5. The van der Waals surface area contributed by atoms with Crippen LogP contribution in [0.3, 0.4) is 0 Å². The van der Waals surface area contributed by atoms with Gasteiger partial charge in [-0.2, -0.15) is 0 Å². The topological polar surface area (TPSA) is 59.0 Å². The van der Waals surface area contributed by atoms with Gasteiger partial charge in [-0.1, -0.05) is 0 Å². The first kappa shape index (κ1) is 15.1. The van der Waals surface area contributed by atoms with E-state index in [2.05, 4.69) is 0 Å². The molecule has 1 rings (SSSR count). The second-order valence-corrected chi connectivity index (χ2v) is 4.47. The Labute approximate surface area is 113 Å². The minimum absolute atomic E-state index is 0.0906. The lowest BCUT2D eigenvalue weighted by Gasteiger charge is -2.30. The van der Waals surface area contributed by atoms with Crippen LogP contribution in [0.5, 0.6) is 11.5 Å². The molecule has 0 aliphatic rings. The number of carboxylic acids is 1. The average Bonchev–Trinajstić information content (AvgIpc) is 2.38. The summed E-state index contributed by atoms with van der Waals surface area (Å²) < 4.78 is 10.5. The normalized spacial score (nSPS) is 10.4. The number of anilines is 1. The first-order valence-corrected chi connectivity index (χ1v) is 6.20. The van der Waals surface area contributed by atoms with Crippen LogP contribution in [0.2, 0.25) is 0 Å². The Kier molecular flexibility index (Phi) is 5.48. The van der Waals surface area contributed by atoms with Gasteiger partial charge in [-0.15, -0.1) is 0 Å². The number of ether oxygens (including phenoxy) is 2. The summed E-state index contributed by atoms with van der Waals surface area (Å²) in [5.41, 5.74) is 0.875. The molecule has 1 aromatic rings. The second kappa shape index (κ2) is 6.87. The van der Waals surface area contributed by atoms with Crippen LogP contribution < -0.4 is 14.4 Å². The van der Waals surface area contributed by atoms with Crippen LogP contribution in [-0.2, 0) is 4.79 Å². The van der Waals surface area contributed by atoms with Gasteiger partial charge in [0.05, 0.1) is 26.3 Å². The van der Waals surface area contributed by atoms with E-state index < -0.39 is 5.97 Å². The monoisotopic (exact) mass is 267 g/mol. The zero-order chi connectivity index (χ0) is 14.4. The number of hydrogen-bond donors (Lipinski definition) is 1. The van der Waals surface area contributed by atoms with Crippen molar-refractivity contribution in [3.8, 4) is 11.5 Å². The maximum absolute atomic E-state index is 10.7. The maximum atomic E-state index is 10.7. The lowest BCUT2D eigenvalue weighted by molar-refractivity contribution is -0.136. The molecule has 0 saturated carbocycles. The summed E-state index contributed by atoms with van der Waals surface area (Å²) in [6.07, 6.45) is 0.0906. The standard InChI is InChI=1S/C14H21NO4/c1-10(2)15(8-7-14(16)17)12-6-5-11(18-3)9-13(12)19-4/h5-6,9-10H,7-8H2,1-4H3,(H,16,17). The Hall–Kier alpha value is -1.91. The number of rotatable bonds is 7. The summed E-state index contributed by atoms with van der Waals surface area (Å²) in [5.74, 6) is 0.583. The van der Waals surface area contributed by atoms with Crippen LogP contribution in [0.25, 0.3) is 0 Å². The molecule has 0 atom stereocenters. The van der Waals surface area contributed by atoms with Gasteiger partial charge in [0.15, 0.2) is 0 Å². The van der Waals surface area contributed by atoms with Gasteiger partial charge in [-0.3, -0.25) is 4.79 Å². The molecule has 0 aliphatic heterocycles. The third-order valence-corrected chi connectivity index (χ3v) is 2.89. The molecule has 19 heavy (non-hydrogen) atoms. The summed E-state index contributed by atoms with van der Waals surface area (Å²) >= 11 is 0. The van der Waals surface area contributed by atoms with Crippen LogP contribution in [-0.4, -0.2) is 37.9 Å². The van der Waals surface area contributed by atoms with Crippen molar-refractivity contribution in [2.75, 3.05) is 25.7 Å². The van der Waals surface area contributed by atoms with Gasteiger partial charge in [-0.05, 0) is 26.0 Å². The smallest absolute Gasteiger partial charge is 0.305 e. The predicted molar refractivity (Wildman–Crippen MR) is 74.3 cm³/mol. The Morgan fingerprint density at radius 2 is 2.00 bits per heavy atom. The molecule has 0 fully saturated rings. The van der Waals surface area contributed by atoms with Crippen molar-refractivity contribution in [2.45, 2.75) is 26.3 Å². The third-order valence-electron chi connectivity index (χ3n) is 2.89. The van der Waals surface area contributed by atoms with E-state index in [1.807, 2.05) is 30.9 Å². The predicted octanol–water partition coefficient (Wildman–Crippen LogP) is 2.39. The molecule has 1 aromatic carbocycles. The fourth-order valence-electron chi connectivity index (χ4n) is 1.90. The van der Waals surface area contributed by atoms with Crippen molar-refractivity contribution in [2.24, 2.45) is 0 Å². The zero-order valence-electron chi connectivity index (χ0n) is 11.8. The van der Waals surface area contributed by atoms with E-state index in [0.29, 0.717) is 18.0 Å². The van der Waals surface area contributed by atoms with Gasteiger partial charge in [-0.25, -0.2) is 0 Å². The van der Waals surface area contributed by atoms with E-state index in [4.69, 9.17) is 14.6 Å². The Morgan fingerprint density at radius 3 is 2.47 bits per heavy atom. The number of carboxylic acid groups (broad SMARTS) is 1. The summed E-state index contributed by atoms with van der Waals surface area (Å²) in [5, 5.41) is 8.82. The summed E-state index contributed by atoms with van der Waals surface area (Å²) in [7, 11) is 3.19. The van der Waals surface area contributed by atoms with Gasteiger partial charge < -0.3 is 19.5 Å². The molecular formula is C14H21NO4. The Morgan fingerprint density at radius 1 is 1.32 bits per heavy atom. The molecule has 0 spiro atoms. The average molecular weight is 267 g/mol. The van der Waals surface area contributed by atoms with E-state index in [1.165, 1.54) is 0 Å². The first-order valence-electron chi connectivity index (χ1n) is 6.20. The summed E-state index contributed by atoms with van der Waals surface area (Å²) in [6.45, 7) is 4.48. The number of methoxy groups -OCH3 is 2. The molecule has 0 radical (unpaired) electrons. The Bertz CT molecular complexity index is 431. The SMILES string of the molecule is COc1ccc(N(CCC(=O)O)C(C)C)c(OC)c1. The fourth-order valence-corrected chi connectivity index (χ4v) is 1.90. The minimum Gasteiger partial charge on any atom is -0.497 e. The van der Waals surface area contributed by atoms with Crippen molar-refractivity contribution in [3.05, 3.63) is 18.2 Å². The third kappa shape index (κ3) is 4.05. The quantitative estimate of drug-likeness (QED) is 0.822. The molecule has 5 nitrogen and oxygen atoms in total. The number of benzene rings is 1. The fraction of sp³-hybridized carbons (Fsp3) is 0.500. The van der Waals surface area contributed by atoms with Crippen LogP contribution in [0.4, 0.5) is 5.69 Å². The van der Waals surface area contributed by atoms with E-state index in [1.54, 1.807) is 20.3 Å². The van der Waals surface area contributed by atoms with Gasteiger partial charge in [0, 0.05) is 18.7 Å². The van der Waals surface area contributed by atoms with Crippen molar-refractivity contribution in [1.82, 2.24) is 0 Å². The van der Waals surface area contributed by atoms with Crippen molar-refractivity contribution in [3.63, 3.8) is 0 Å². The van der Waals surface area contributed by atoms with Crippen LogP contribution in [0, 0.1) is 0 Å². The van der Waals surface area contributed by atoms with Gasteiger partial charge >= 0.3 is 5.97 Å². The number of aliphatic carboxylic acids is 1. The lowest BCUT2D eigenvalue weighted by Crippen LogP contribution is -2.33. The van der Waals surface area contributed by atoms with E-state index in [9.17, 15) is 4.79 Å².